The van der Waals surface area contributed by atoms with E-state index in [1.165, 1.54) is 0 Å². The third kappa shape index (κ3) is 9.60. The molecule has 0 aliphatic heterocycles. The fraction of sp³-hybridized carbons (Fsp3) is 0.778. The number of halogens is 3. The Hall–Kier alpha value is -0.950. The Bertz CT molecular complexity index is 196. The van der Waals surface area contributed by atoms with Crippen LogP contribution in [0.3, 0.4) is 0 Å². The molecule has 0 bridgehead atoms. The summed E-state index contributed by atoms with van der Waals surface area (Å²) in [6, 6.07) is 0. The summed E-state index contributed by atoms with van der Waals surface area (Å²) in [7, 11) is 0. The molecular weight excluding hydrogens is 225 g/mol. The van der Waals surface area contributed by atoms with Gasteiger partial charge >= 0.3 is 6.18 Å². The quantitative estimate of drug-likeness (QED) is 0.574. The van der Waals surface area contributed by atoms with Crippen molar-refractivity contribution in [3.05, 3.63) is 11.9 Å². The molecule has 1 unspecified atom stereocenters. The normalized spacial score (nSPS) is 13.8. The topological polar surface area (TPSA) is 78.5 Å². The van der Waals surface area contributed by atoms with E-state index >= 15 is 0 Å². The molecule has 0 aromatic carbocycles. The maximum absolute atomic E-state index is 11.7. The van der Waals surface area contributed by atoms with Crippen LogP contribution in [0.5, 0.6) is 0 Å². The van der Waals surface area contributed by atoms with Crippen molar-refractivity contribution in [3.8, 4) is 0 Å². The minimum atomic E-state index is -4.37. The molecule has 0 saturated heterocycles. The van der Waals surface area contributed by atoms with E-state index in [4.69, 9.17) is 15.9 Å². The molecule has 0 rings (SSSR count). The molecule has 0 heterocycles. The highest BCUT2D eigenvalue weighted by atomic mass is 19.4. The number of aliphatic hydroxyl groups excluding tert-OH is 2. The van der Waals surface area contributed by atoms with Crippen LogP contribution in [0, 0.1) is 0 Å². The van der Waals surface area contributed by atoms with Gasteiger partial charge in [0.25, 0.3) is 0 Å². The van der Waals surface area contributed by atoms with Crippen LogP contribution in [-0.4, -0.2) is 35.6 Å². The summed E-state index contributed by atoms with van der Waals surface area (Å²) in [4.78, 5) is 0. The number of nitrogens with two attached hydrogens (primary N) is 1. The zero-order chi connectivity index (χ0) is 13.2. The van der Waals surface area contributed by atoms with Gasteiger partial charge in [0, 0.05) is 19.2 Å². The van der Waals surface area contributed by atoms with Crippen molar-refractivity contribution < 1.29 is 23.4 Å². The predicted molar refractivity (Wildman–Crippen MR) is 55.4 cm³/mol. The van der Waals surface area contributed by atoms with Gasteiger partial charge in [-0.15, -0.1) is 0 Å². The van der Waals surface area contributed by atoms with Gasteiger partial charge in [-0.25, -0.2) is 0 Å². The van der Waals surface area contributed by atoms with E-state index in [0.717, 1.165) is 6.20 Å². The molecule has 4 nitrogen and oxygen atoms in total. The number of nitrogens with one attached hydrogen (secondary N) is 1. The van der Waals surface area contributed by atoms with E-state index in [0.29, 0.717) is 0 Å². The van der Waals surface area contributed by atoms with Gasteiger partial charge in [-0.3, -0.25) is 0 Å². The van der Waals surface area contributed by atoms with Gasteiger partial charge in [0.15, 0.2) is 0 Å². The molecule has 0 amide bonds. The molecule has 0 aromatic heterocycles. The van der Waals surface area contributed by atoms with Gasteiger partial charge < -0.3 is 21.3 Å². The molecular formula is C9H19F3N2O2. The van der Waals surface area contributed by atoms with Crippen molar-refractivity contribution in [1.82, 2.24) is 5.32 Å². The lowest BCUT2D eigenvalue weighted by Gasteiger charge is -2.16. The Morgan fingerprint density at radius 3 is 2.25 bits per heavy atom. The number of aliphatic hydroxyl groups is 2. The summed E-state index contributed by atoms with van der Waals surface area (Å²) in [6.45, 7) is 2.41. The van der Waals surface area contributed by atoms with Crippen LogP contribution in [0.1, 0.15) is 20.3 Å². The van der Waals surface area contributed by atoms with Crippen LogP contribution in [-0.2, 0) is 0 Å². The van der Waals surface area contributed by atoms with Crippen LogP contribution in [0.15, 0.2) is 11.9 Å². The molecule has 5 N–H and O–H groups in total. The third-order valence-electron chi connectivity index (χ3n) is 1.43. The van der Waals surface area contributed by atoms with E-state index in [1.54, 1.807) is 0 Å². The van der Waals surface area contributed by atoms with Crippen molar-refractivity contribution in [1.29, 1.82) is 0 Å². The number of alkyl halides is 3. The van der Waals surface area contributed by atoms with E-state index in [2.05, 4.69) is 0 Å². The smallest absolute Gasteiger partial charge is 0.403 e. The van der Waals surface area contributed by atoms with Gasteiger partial charge in [0.2, 0.25) is 0 Å². The van der Waals surface area contributed by atoms with Crippen LogP contribution in [0.4, 0.5) is 13.2 Å². The monoisotopic (exact) mass is 244 g/mol. The molecule has 0 aliphatic carbocycles. The fourth-order valence-electron chi connectivity index (χ4n) is 0.768. The predicted octanol–water partition coefficient (Wildman–Crippen LogP) is 0.708. The lowest BCUT2D eigenvalue weighted by Crippen LogP contribution is -2.33. The molecule has 0 saturated carbocycles. The van der Waals surface area contributed by atoms with Crippen molar-refractivity contribution in [2.75, 3.05) is 13.2 Å². The molecule has 0 aliphatic rings. The molecule has 0 radical (unpaired) electrons. The largest absolute Gasteiger partial charge is 0.405 e. The first-order valence-corrected chi connectivity index (χ1v) is 4.92. The first-order valence-electron chi connectivity index (χ1n) is 4.92. The zero-order valence-corrected chi connectivity index (χ0v) is 9.38. The standard InChI is InChI=1S/C7H13F3N2O2.C2H6/c8-7(9,10)4-12-5(3-11)6(14)1-2-13;1-2/h3,6,12-14H,1-2,4,11H2;1-2H3/b5-3-;. The molecule has 1 atom stereocenters. The maximum atomic E-state index is 11.7. The van der Waals surface area contributed by atoms with Crippen molar-refractivity contribution in [2.45, 2.75) is 32.5 Å². The number of rotatable bonds is 5. The SMILES string of the molecule is CC.N/C=C(\NCC(F)(F)F)C(O)CCO. The zero-order valence-electron chi connectivity index (χ0n) is 9.38. The summed E-state index contributed by atoms with van der Waals surface area (Å²) in [5, 5.41) is 19.5. The average molecular weight is 244 g/mol. The Morgan fingerprint density at radius 1 is 1.44 bits per heavy atom. The van der Waals surface area contributed by atoms with Gasteiger partial charge in [-0.1, -0.05) is 13.8 Å². The van der Waals surface area contributed by atoms with E-state index in [-0.39, 0.29) is 18.7 Å². The van der Waals surface area contributed by atoms with Crippen molar-refractivity contribution in [2.24, 2.45) is 5.73 Å². The number of hydrogen-bond donors (Lipinski definition) is 4. The molecule has 7 heteroatoms. The highest BCUT2D eigenvalue weighted by Gasteiger charge is 2.27. The fourth-order valence-corrected chi connectivity index (χ4v) is 0.768. The van der Waals surface area contributed by atoms with Gasteiger partial charge in [0.05, 0.1) is 11.8 Å². The van der Waals surface area contributed by atoms with Crippen molar-refractivity contribution in [3.63, 3.8) is 0 Å². The second-order valence-electron chi connectivity index (χ2n) is 2.62. The average Bonchev–Trinajstić information content (AvgIpc) is 2.20. The van der Waals surface area contributed by atoms with Gasteiger partial charge in [-0.2, -0.15) is 13.2 Å². The Labute approximate surface area is 92.9 Å². The lowest BCUT2D eigenvalue weighted by atomic mass is 10.2. The van der Waals surface area contributed by atoms with E-state index in [1.807, 2.05) is 19.2 Å². The lowest BCUT2D eigenvalue weighted by molar-refractivity contribution is -0.123. The highest BCUT2D eigenvalue weighted by molar-refractivity contribution is 5.03. The third-order valence-corrected chi connectivity index (χ3v) is 1.43. The summed E-state index contributed by atoms with van der Waals surface area (Å²) in [6.07, 6.45) is -4.78. The second kappa shape index (κ2) is 9.29. The Balaban J connectivity index is 0. The summed E-state index contributed by atoms with van der Waals surface area (Å²) in [5.74, 6) is 0. The molecule has 0 aromatic rings. The van der Waals surface area contributed by atoms with Crippen molar-refractivity contribution >= 4 is 0 Å². The summed E-state index contributed by atoms with van der Waals surface area (Å²) in [5.41, 5.74) is 4.86. The molecule has 0 fully saturated rings. The maximum Gasteiger partial charge on any atom is 0.405 e. The van der Waals surface area contributed by atoms with Crippen LogP contribution in [0.2, 0.25) is 0 Å². The first kappa shape index (κ1) is 17.4. The second-order valence-corrected chi connectivity index (χ2v) is 2.62. The van der Waals surface area contributed by atoms with Crippen LogP contribution in [0.25, 0.3) is 0 Å². The molecule has 98 valence electrons. The Morgan fingerprint density at radius 2 is 1.94 bits per heavy atom. The van der Waals surface area contributed by atoms with E-state index in [9.17, 15) is 13.2 Å². The molecule has 16 heavy (non-hydrogen) atoms. The van der Waals surface area contributed by atoms with Gasteiger partial charge in [0.1, 0.15) is 6.54 Å². The van der Waals surface area contributed by atoms with E-state index < -0.39 is 18.8 Å². The summed E-state index contributed by atoms with van der Waals surface area (Å²) < 4.78 is 35.2. The molecule has 0 spiro atoms. The van der Waals surface area contributed by atoms with Gasteiger partial charge in [-0.05, 0) is 0 Å². The highest BCUT2D eigenvalue weighted by Crippen LogP contribution is 2.13. The van der Waals surface area contributed by atoms with Crippen LogP contribution >= 0.6 is 0 Å². The van der Waals surface area contributed by atoms with Crippen LogP contribution < -0.4 is 11.1 Å². The number of hydrogen-bond acceptors (Lipinski definition) is 4. The first-order chi connectivity index (χ1) is 7.40. The minimum absolute atomic E-state index is 0.0616. The minimum Gasteiger partial charge on any atom is -0.403 e. The Kier molecular flexibility index (Phi) is 10.1. The summed E-state index contributed by atoms with van der Waals surface area (Å²) >= 11 is 0.